The lowest BCUT2D eigenvalue weighted by molar-refractivity contribution is 1.09. The summed E-state index contributed by atoms with van der Waals surface area (Å²) >= 11 is 0. The first kappa shape index (κ1) is 8.28. The first-order chi connectivity index (χ1) is 4.31. The molecule has 52 valence electrons. The molecule has 0 spiro atoms. The third kappa shape index (κ3) is 5.15. The highest BCUT2D eigenvalue weighted by atomic mass is 14.7. The molecule has 0 bridgehead atoms. The van der Waals surface area contributed by atoms with Gasteiger partial charge < -0.3 is 4.98 Å². The molecule has 0 atom stereocenters. The molecule has 0 aliphatic rings. The van der Waals surface area contributed by atoms with Crippen LogP contribution in [0.4, 0.5) is 0 Å². The van der Waals surface area contributed by atoms with Gasteiger partial charge in [-0.15, -0.1) is 0 Å². The van der Waals surface area contributed by atoms with Gasteiger partial charge in [-0.2, -0.15) is 0 Å². The van der Waals surface area contributed by atoms with Crippen LogP contribution >= 0.6 is 0 Å². The molecule has 1 nitrogen and oxygen atoms in total. The van der Waals surface area contributed by atoms with Crippen LogP contribution in [0.3, 0.4) is 0 Å². The van der Waals surface area contributed by atoms with E-state index in [1.54, 1.807) is 0 Å². The Labute approximate surface area is 57.1 Å². The van der Waals surface area contributed by atoms with E-state index in [1.165, 1.54) is 12.1 Å². The molecule has 1 rings (SSSR count). The summed E-state index contributed by atoms with van der Waals surface area (Å²) in [5.41, 5.74) is 1.22. The Morgan fingerprint density at radius 2 is 2.00 bits per heavy atom. The highest BCUT2D eigenvalue weighted by Crippen LogP contribution is 1.86. The van der Waals surface area contributed by atoms with E-state index in [0.29, 0.717) is 0 Å². The minimum Gasteiger partial charge on any atom is -0.365 e. The molecule has 0 unspecified atom stereocenters. The predicted molar refractivity (Wildman–Crippen MR) is 41.5 cm³/mol. The van der Waals surface area contributed by atoms with Gasteiger partial charge in [-0.1, -0.05) is 20.3 Å². The second-order valence-electron chi connectivity index (χ2n) is 2.06. The number of aromatic amines is 1. The summed E-state index contributed by atoms with van der Waals surface area (Å²) < 4.78 is 0. The minimum atomic E-state index is 1.22. The van der Waals surface area contributed by atoms with E-state index < -0.39 is 0 Å². The maximum atomic E-state index is 3.00. The van der Waals surface area contributed by atoms with Gasteiger partial charge in [0.1, 0.15) is 0 Å². The molecule has 1 aromatic rings. The maximum Gasteiger partial charge on any atom is 0.0115 e. The van der Waals surface area contributed by atoms with Gasteiger partial charge in [-0.3, -0.25) is 0 Å². The first-order valence-electron chi connectivity index (χ1n) is 3.41. The summed E-state index contributed by atoms with van der Waals surface area (Å²) in [4.78, 5) is 3.00. The third-order valence-corrected chi connectivity index (χ3v) is 0.753. The number of H-pyrrole nitrogens is 1. The van der Waals surface area contributed by atoms with Crippen molar-refractivity contribution in [1.82, 2.24) is 4.98 Å². The quantitative estimate of drug-likeness (QED) is 0.548. The molecule has 0 aliphatic carbocycles. The summed E-state index contributed by atoms with van der Waals surface area (Å²) in [7, 11) is 0. The van der Waals surface area contributed by atoms with Crippen LogP contribution in [0.25, 0.3) is 0 Å². The van der Waals surface area contributed by atoms with Crippen LogP contribution in [-0.4, -0.2) is 4.98 Å². The molecule has 1 heterocycles. The average Bonchev–Trinajstić information content (AvgIpc) is 2.20. The van der Waals surface area contributed by atoms with Crippen molar-refractivity contribution in [3.05, 3.63) is 24.0 Å². The largest absolute Gasteiger partial charge is 0.365 e. The van der Waals surface area contributed by atoms with Gasteiger partial charge in [-0.05, 0) is 19.1 Å². The fraction of sp³-hybridized carbons (Fsp3) is 0.500. The van der Waals surface area contributed by atoms with E-state index in [4.69, 9.17) is 0 Å². The van der Waals surface area contributed by atoms with E-state index in [0.717, 1.165) is 0 Å². The molecule has 0 fully saturated rings. The lowest BCUT2D eigenvalue weighted by atomic mass is 10.5. The highest BCUT2D eigenvalue weighted by molar-refractivity contribution is 4.99. The Morgan fingerprint density at radius 3 is 2.11 bits per heavy atom. The van der Waals surface area contributed by atoms with Crippen molar-refractivity contribution < 1.29 is 0 Å². The number of rotatable bonds is 0. The normalized spacial score (nSPS) is 7.89. The summed E-state index contributed by atoms with van der Waals surface area (Å²) in [6.07, 6.45) is 3.16. The Morgan fingerprint density at radius 1 is 1.44 bits per heavy atom. The fourth-order valence-corrected chi connectivity index (χ4v) is 0.420. The van der Waals surface area contributed by atoms with Gasteiger partial charge in [0, 0.05) is 11.9 Å². The van der Waals surface area contributed by atoms with Crippen LogP contribution in [0.5, 0.6) is 0 Å². The zero-order valence-electron chi connectivity index (χ0n) is 6.44. The van der Waals surface area contributed by atoms with Crippen LogP contribution in [0.2, 0.25) is 0 Å². The van der Waals surface area contributed by atoms with Crippen LogP contribution in [-0.2, 0) is 0 Å². The standard InChI is InChI=1S/C5H7N.C3H8/c1-5-3-2-4-6-5;1-3-2/h2-4,6H,1H3;3H2,1-2H3. The number of aryl methyl sites for hydroxylation is 1. The van der Waals surface area contributed by atoms with Crippen molar-refractivity contribution in [3.8, 4) is 0 Å². The molecule has 1 N–H and O–H groups in total. The Balaban J connectivity index is 0.000000187. The highest BCUT2D eigenvalue weighted by Gasteiger charge is 1.72. The number of hydrogen-bond acceptors (Lipinski definition) is 0. The molecule has 0 saturated carbocycles. The molecule has 1 heteroatoms. The van der Waals surface area contributed by atoms with Crippen molar-refractivity contribution in [2.24, 2.45) is 0 Å². The summed E-state index contributed by atoms with van der Waals surface area (Å²) in [6, 6.07) is 4.01. The van der Waals surface area contributed by atoms with E-state index in [9.17, 15) is 0 Å². The third-order valence-electron chi connectivity index (χ3n) is 0.753. The van der Waals surface area contributed by atoms with Gasteiger partial charge in [0.2, 0.25) is 0 Å². The van der Waals surface area contributed by atoms with Crippen LogP contribution in [0, 0.1) is 6.92 Å². The molecule has 0 radical (unpaired) electrons. The topological polar surface area (TPSA) is 15.8 Å². The molecular weight excluding hydrogens is 110 g/mol. The summed E-state index contributed by atoms with van der Waals surface area (Å²) in [6.45, 7) is 6.28. The van der Waals surface area contributed by atoms with Crippen molar-refractivity contribution in [1.29, 1.82) is 0 Å². The lowest BCUT2D eigenvalue weighted by Gasteiger charge is -1.70. The zero-order valence-corrected chi connectivity index (χ0v) is 6.44. The number of aromatic nitrogens is 1. The van der Waals surface area contributed by atoms with Gasteiger partial charge in [0.15, 0.2) is 0 Å². The van der Waals surface area contributed by atoms with Crippen molar-refractivity contribution in [3.63, 3.8) is 0 Å². The number of hydrogen-bond donors (Lipinski definition) is 1. The Bertz CT molecular complexity index is 119. The molecule has 0 saturated heterocycles. The zero-order chi connectivity index (χ0) is 7.11. The monoisotopic (exact) mass is 125 g/mol. The summed E-state index contributed by atoms with van der Waals surface area (Å²) in [5, 5.41) is 0. The van der Waals surface area contributed by atoms with Crippen LogP contribution in [0.1, 0.15) is 26.0 Å². The van der Waals surface area contributed by atoms with Crippen molar-refractivity contribution in [2.45, 2.75) is 27.2 Å². The van der Waals surface area contributed by atoms with Crippen LogP contribution in [0.15, 0.2) is 18.3 Å². The van der Waals surface area contributed by atoms with E-state index in [2.05, 4.69) is 18.8 Å². The van der Waals surface area contributed by atoms with E-state index >= 15 is 0 Å². The van der Waals surface area contributed by atoms with Gasteiger partial charge in [0.25, 0.3) is 0 Å². The molecule has 1 aromatic heterocycles. The lowest BCUT2D eigenvalue weighted by Crippen LogP contribution is -1.59. The smallest absolute Gasteiger partial charge is 0.0115 e. The Kier molecular flexibility index (Phi) is 4.98. The van der Waals surface area contributed by atoms with Gasteiger partial charge in [0.05, 0.1) is 0 Å². The predicted octanol–water partition coefficient (Wildman–Crippen LogP) is 2.74. The van der Waals surface area contributed by atoms with Gasteiger partial charge in [-0.25, -0.2) is 0 Å². The molecule has 0 amide bonds. The summed E-state index contributed by atoms with van der Waals surface area (Å²) in [5.74, 6) is 0. The van der Waals surface area contributed by atoms with Crippen molar-refractivity contribution >= 4 is 0 Å². The first-order valence-corrected chi connectivity index (χ1v) is 3.41. The maximum absolute atomic E-state index is 3.00. The van der Waals surface area contributed by atoms with Crippen molar-refractivity contribution in [2.75, 3.05) is 0 Å². The number of nitrogens with one attached hydrogen (secondary N) is 1. The fourth-order valence-electron chi connectivity index (χ4n) is 0.420. The molecular formula is C8H15N. The second-order valence-corrected chi connectivity index (χ2v) is 2.06. The molecule has 9 heavy (non-hydrogen) atoms. The van der Waals surface area contributed by atoms with Gasteiger partial charge >= 0.3 is 0 Å². The van der Waals surface area contributed by atoms with E-state index in [-0.39, 0.29) is 0 Å². The SMILES string of the molecule is CCC.Cc1ccc[nH]1. The molecule has 0 aromatic carbocycles. The van der Waals surface area contributed by atoms with E-state index in [1.807, 2.05) is 25.3 Å². The molecule has 0 aliphatic heterocycles. The minimum absolute atomic E-state index is 1.22. The Hall–Kier alpha value is -0.720. The average molecular weight is 125 g/mol. The van der Waals surface area contributed by atoms with Crippen LogP contribution < -0.4 is 0 Å². The second kappa shape index (κ2) is 5.42.